The standard InChI is InChI=1S/C23H19FN2O/c1-16-11-12-19(24)14-20(16)25-23(27)15-26-21-10-6-5-9-18(21)13-22(26)17-7-3-2-4-8-17/h2-14H,15H2,1H3,(H,25,27). The van der Waals surface area contributed by atoms with E-state index in [9.17, 15) is 9.18 Å². The van der Waals surface area contributed by atoms with Crippen LogP contribution in [0.3, 0.4) is 0 Å². The number of anilines is 1. The van der Waals surface area contributed by atoms with Crippen molar-refractivity contribution in [1.29, 1.82) is 0 Å². The van der Waals surface area contributed by atoms with E-state index < -0.39 is 0 Å². The Morgan fingerprint density at radius 2 is 1.70 bits per heavy atom. The Morgan fingerprint density at radius 1 is 0.963 bits per heavy atom. The summed E-state index contributed by atoms with van der Waals surface area (Å²) in [4.78, 5) is 12.7. The first-order valence-electron chi connectivity index (χ1n) is 8.81. The highest BCUT2D eigenvalue weighted by Crippen LogP contribution is 2.28. The van der Waals surface area contributed by atoms with Crippen molar-refractivity contribution in [2.75, 3.05) is 5.32 Å². The van der Waals surface area contributed by atoms with E-state index in [2.05, 4.69) is 11.4 Å². The Kier molecular flexibility index (Phi) is 4.47. The van der Waals surface area contributed by atoms with Crippen LogP contribution in [0.5, 0.6) is 0 Å². The van der Waals surface area contributed by atoms with Crippen molar-refractivity contribution in [3.63, 3.8) is 0 Å². The number of aromatic nitrogens is 1. The summed E-state index contributed by atoms with van der Waals surface area (Å²) in [5.41, 5.74) is 4.33. The predicted octanol–water partition coefficient (Wildman–Crippen LogP) is 5.39. The molecule has 0 saturated heterocycles. The lowest BCUT2D eigenvalue weighted by atomic mass is 10.1. The van der Waals surface area contributed by atoms with Gasteiger partial charge in [-0.15, -0.1) is 0 Å². The number of benzene rings is 3. The predicted molar refractivity (Wildman–Crippen MR) is 107 cm³/mol. The minimum absolute atomic E-state index is 0.147. The summed E-state index contributed by atoms with van der Waals surface area (Å²) in [7, 11) is 0. The number of carbonyl (C=O) groups excluding carboxylic acids is 1. The maximum absolute atomic E-state index is 13.5. The van der Waals surface area contributed by atoms with E-state index in [-0.39, 0.29) is 18.3 Å². The molecule has 0 radical (unpaired) electrons. The number of nitrogens with one attached hydrogen (secondary N) is 1. The molecule has 1 aromatic heterocycles. The van der Waals surface area contributed by atoms with E-state index in [4.69, 9.17) is 0 Å². The maximum Gasteiger partial charge on any atom is 0.244 e. The fourth-order valence-corrected chi connectivity index (χ4v) is 3.29. The van der Waals surface area contributed by atoms with Crippen molar-refractivity contribution >= 4 is 22.5 Å². The third-order valence-electron chi connectivity index (χ3n) is 4.66. The molecule has 4 aromatic rings. The molecule has 0 bridgehead atoms. The van der Waals surface area contributed by atoms with Gasteiger partial charge in [0.15, 0.2) is 0 Å². The molecule has 0 unspecified atom stereocenters. The Labute approximate surface area is 157 Å². The van der Waals surface area contributed by atoms with E-state index in [1.54, 1.807) is 6.07 Å². The van der Waals surface area contributed by atoms with Crippen molar-refractivity contribution < 1.29 is 9.18 Å². The van der Waals surface area contributed by atoms with Gasteiger partial charge < -0.3 is 9.88 Å². The highest BCUT2D eigenvalue weighted by atomic mass is 19.1. The zero-order chi connectivity index (χ0) is 18.8. The molecule has 1 amide bonds. The SMILES string of the molecule is Cc1ccc(F)cc1NC(=O)Cn1c(-c2ccccc2)cc2ccccc21. The van der Waals surface area contributed by atoms with Crippen LogP contribution in [0.4, 0.5) is 10.1 Å². The molecule has 3 aromatic carbocycles. The number of hydrogen-bond donors (Lipinski definition) is 1. The summed E-state index contributed by atoms with van der Waals surface area (Å²) in [5, 5.41) is 3.91. The molecule has 0 aliphatic carbocycles. The van der Waals surface area contributed by atoms with Gasteiger partial charge >= 0.3 is 0 Å². The quantitative estimate of drug-likeness (QED) is 0.521. The molecule has 4 rings (SSSR count). The molecule has 0 saturated carbocycles. The van der Waals surface area contributed by atoms with Crippen LogP contribution in [-0.2, 0) is 11.3 Å². The van der Waals surface area contributed by atoms with E-state index in [1.165, 1.54) is 12.1 Å². The lowest BCUT2D eigenvalue weighted by molar-refractivity contribution is -0.116. The van der Waals surface area contributed by atoms with Crippen LogP contribution < -0.4 is 5.32 Å². The van der Waals surface area contributed by atoms with Crippen LogP contribution in [0.15, 0.2) is 78.9 Å². The van der Waals surface area contributed by atoms with Gasteiger partial charge in [-0.3, -0.25) is 4.79 Å². The highest BCUT2D eigenvalue weighted by molar-refractivity contribution is 5.94. The van der Waals surface area contributed by atoms with Crippen LogP contribution in [-0.4, -0.2) is 10.5 Å². The minimum atomic E-state index is -0.368. The minimum Gasteiger partial charge on any atom is -0.331 e. The van der Waals surface area contributed by atoms with Crippen LogP contribution in [0.1, 0.15) is 5.56 Å². The average molecular weight is 358 g/mol. The van der Waals surface area contributed by atoms with Gasteiger partial charge in [0.05, 0.1) is 0 Å². The second-order valence-corrected chi connectivity index (χ2v) is 6.55. The van der Waals surface area contributed by atoms with Crippen molar-refractivity contribution in [3.05, 3.63) is 90.2 Å². The summed E-state index contributed by atoms with van der Waals surface area (Å²) >= 11 is 0. The Bertz CT molecular complexity index is 1120. The van der Waals surface area contributed by atoms with Gasteiger partial charge in [0.1, 0.15) is 12.4 Å². The Morgan fingerprint density at radius 3 is 2.52 bits per heavy atom. The molecule has 27 heavy (non-hydrogen) atoms. The molecule has 0 aliphatic rings. The second-order valence-electron chi connectivity index (χ2n) is 6.55. The summed E-state index contributed by atoms with van der Waals surface area (Å²) in [5.74, 6) is -0.561. The van der Waals surface area contributed by atoms with Gasteiger partial charge in [0.2, 0.25) is 5.91 Å². The first kappa shape index (κ1) is 17.0. The third-order valence-corrected chi connectivity index (χ3v) is 4.66. The van der Waals surface area contributed by atoms with Crippen LogP contribution in [0.2, 0.25) is 0 Å². The summed E-state index contributed by atoms with van der Waals surface area (Å²) in [6.45, 7) is 1.99. The monoisotopic (exact) mass is 358 g/mol. The lowest BCUT2D eigenvalue weighted by Crippen LogP contribution is -2.19. The van der Waals surface area contributed by atoms with Gasteiger partial charge in [0, 0.05) is 22.3 Å². The molecular formula is C23H19FN2O. The van der Waals surface area contributed by atoms with Crippen molar-refractivity contribution in [2.45, 2.75) is 13.5 Å². The number of hydrogen-bond acceptors (Lipinski definition) is 1. The molecule has 1 heterocycles. The van der Waals surface area contributed by atoms with Crippen LogP contribution in [0, 0.1) is 12.7 Å². The number of halogens is 1. The summed E-state index contributed by atoms with van der Waals surface area (Å²) in [6, 6.07) is 24.4. The molecular weight excluding hydrogens is 339 g/mol. The Hall–Kier alpha value is -3.40. The van der Waals surface area contributed by atoms with Crippen LogP contribution >= 0.6 is 0 Å². The third kappa shape index (κ3) is 3.47. The first-order chi connectivity index (χ1) is 13.1. The van der Waals surface area contributed by atoms with E-state index in [1.807, 2.05) is 66.1 Å². The van der Waals surface area contributed by atoms with Gasteiger partial charge in [-0.25, -0.2) is 4.39 Å². The average Bonchev–Trinajstić information content (AvgIpc) is 3.04. The van der Waals surface area contributed by atoms with Crippen molar-refractivity contribution in [1.82, 2.24) is 4.57 Å². The highest BCUT2D eigenvalue weighted by Gasteiger charge is 2.14. The Balaban J connectivity index is 1.70. The number of fused-ring (bicyclic) bond motifs is 1. The number of nitrogens with zero attached hydrogens (tertiary/aromatic N) is 1. The van der Waals surface area contributed by atoms with Gasteiger partial charge in [-0.05, 0) is 42.3 Å². The molecule has 0 aliphatic heterocycles. The number of amides is 1. The number of aryl methyl sites for hydroxylation is 1. The van der Waals surface area contributed by atoms with E-state index in [0.29, 0.717) is 5.69 Å². The van der Waals surface area contributed by atoms with Crippen molar-refractivity contribution in [2.24, 2.45) is 0 Å². The molecule has 4 heteroatoms. The van der Waals surface area contributed by atoms with Gasteiger partial charge in [-0.1, -0.05) is 54.6 Å². The summed E-state index contributed by atoms with van der Waals surface area (Å²) in [6.07, 6.45) is 0. The normalized spacial score (nSPS) is 10.9. The number of para-hydroxylation sites is 1. The largest absolute Gasteiger partial charge is 0.331 e. The molecule has 0 spiro atoms. The van der Waals surface area contributed by atoms with Crippen LogP contribution in [0.25, 0.3) is 22.2 Å². The zero-order valence-corrected chi connectivity index (χ0v) is 14.9. The maximum atomic E-state index is 13.5. The molecule has 0 atom stereocenters. The van der Waals surface area contributed by atoms with E-state index >= 15 is 0 Å². The summed E-state index contributed by atoms with van der Waals surface area (Å²) < 4.78 is 15.5. The van der Waals surface area contributed by atoms with Crippen molar-refractivity contribution in [3.8, 4) is 11.3 Å². The molecule has 0 fully saturated rings. The molecule has 3 nitrogen and oxygen atoms in total. The number of rotatable bonds is 4. The fraction of sp³-hybridized carbons (Fsp3) is 0.0870. The van der Waals surface area contributed by atoms with Gasteiger partial charge in [-0.2, -0.15) is 0 Å². The molecule has 134 valence electrons. The first-order valence-corrected chi connectivity index (χ1v) is 8.81. The number of carbonyl (C=O) groups is 1. The topological polar surface area (TPSA) is 34.0 Å². The smallest absolute Gasteiger partial charge is 0.244 e. The van der Waals surface area contributed by atoms with E-state index in [0.717, 1.165) is 27.7 Å². The second kappa shape index (κ2) is 7.08. The van der Waals surface area contributed by atoms with Gasteiger partial charge in [0.25, 0.3) is 0 Å². The lowest BCUT2D eigenvalue weighted by Gasteiger charge is -2.13. The fourth-order valence-electron chi connectivity index (χ4n) is 3.29. The molecule has 1 N–H and O–H groups in total. The zero-order valence-electron chi connectivity index (χ0n) is 14.9.